The number of nitrogens with one attached hydrogen (secondary N) is 1. The molecule has 0 unspecified atom stereocenters. The molecule has 8 heteroatoms. The first-order valence-corrected chi connectivity index (χ1v) is 12.3. The van der Waals surface area contributed by atoms with Crippen LogP contribution in [0, 0.1) is 11.8 Å². The summed E-state index contributed by atoms with van der Waals surface area (Å²) < 4.78 is 5.28. The van der Waals surface area contributed by atoms with Gasteiger partial charge in [0.25, 0.3) is 5.91 Å². The maximum Gasteiger partial charge on any atom is 0.255 e. The summed E-state index contributed by atoms with van der Waals surface area (Å²) in [5, 5.41) is 3.33. The van der Waals surface area contributed by atoms with Gasteiger partial charge in [0.05, 0.1) is 23.4 Å². The number of nitrogens with zero attached hydrogens (tertiary/aromatic N) is 2. The Morgan fingerprint density at radius 3 is 2.38 bits per heavy atom. The summed E-state index contributed by atoms with van der Waals surface area (Å²) in [6.07, 6.45) is 3.60. The van der Waals surface area contributed by atoms with Crippen LogP contribution in [0.25, 0.3) is 0 Å². The molecular formula is C26H33ClN4O3. The SMILES string of the molecule is COc1cc(N)c(Cl)cc1C(=O)NCC1CCC(C(=O)N2CCN(c3ccccc3)CC2)CC1. The number of hydrogen-bond acceptors (Lipinski definition) is 5. The monoisotopic (exact) mass is 484 g/mol. The summed E-state index contributed by atoms with van der Waals surface area (Å²) in [4.78, 5) is 30.1. The van der Waals surface area contributed by atoms with Gasteiger partial charge in [0.15, 0.2) is 0 Å². The second-order valence-electron chi connectivity index (χ2n) is 9.15. The summed E-state index contributed by atoms with van der Waals surface area (Å²) in [6, 6.07) is 13.5. The molecule has 1 saturated carbocycles. The van der Waals surface area contributed by atoms with Gasteiger partial charge in [0, 0.05) is 50.4 Å². The number of anilines is 2. The van der Waals surface area contributed by atoms with Crippen molar-refractivity contribution in [3.63, 3.8) is 0 Å². The maximum absolute atomic E-state index is 13.1. The molecule has 0 spiro atoms. The first kappa shape index (κ1) is 24.2. The third-order valence-corrected chi connectivity index (χ3v) is 7.35. The van der Waals surface area contributed by atoms with Gasteiger partial charge >= 0.3 is 0 Å². The van der Waals surface area contributed by atoms with Crippen molar-refractivity contribution in [2.45, 2.75) is 25.7 Å². The van der Waals surface area contributed by atoms with Crippen molar-refractivity contribution in [1.82, 2.24) is 10.2 Å². The highest BCUT2D eigenvalue weighted by atomic mass is 35.5. The number of rotatable bonds is 6. The molecule has 2 fully saturated rings. The molecule has 2 aliphatic rings. The Labute approximate surface area is 206 Å². The number of benzene rings is 2. The number of para-hydroxylation sites is 1. The molecule has 0 radical (unpaired) electrons. The van der Waals surface area contributed by atoms with E-state index in [0.717, 1.165) is 51.9 Å². The van der Waals surface area contributed by atoms with Crippen molar-refractivity contribution in [2.24, 2.45) is 11.8 Å². The van der Waals surface area contributed by atoms with Gasteiger partial charge in [-0.1, -0.05) is 29.8 Å². The quantitative estimate of drug-likeness (QED) is 0.608. The lowest BCUT2D eigenvalue weighted by molar-refractivity contribution is -0.137. The lowest BCUT2D eigenvalue weighted by atomic mass is 9.81. The lowest BCUT2D eigenvalue weighted by Crippen LogP contribution is -2.50. The van der Waals surface area contributed by atoms with Gasteiger partial charge in [-0.2, -0.15) is 0 Å². The minimum atomic E-state index is -0.228. The minimum absolute atomic E-state index is 0.0891. The van der Waals surface area contributed by atoms with Crippen molar-refractivity contribution in [1.29, 1.82) is 0 Å². The summed E-state index contributed by atoms with van der Waals surface area (Å²) in [5.74, 6) is 0.912. The molecule has 1 heterocycles. The zero-order valence-electron chi connectivity index (χ0n) is 19.6. The maximum atomic E-state index is 13.1. The van der Waals surface area contributed by atoms with Crippen LogP contribution in [0.5, 0.6) is 5.75 Å². The van der Waals surface area contributed by atoms with E-state index in [4.69, 9.17) is 22.1 Å². The van der Waals surface area contributed by atoms with Crippen LogP contribution in [0.15, 0.2) is 42.5 Å². The number of halogens is 1. The Kier molecular flexibility index (Phi) is 7.83. The highest BCUT2D eigenvalue weighted by Crippen LogP contribution is 2.31. The Morgan fingerprint density at radius 1 is 1.06 bits per heavy atom. The molecule has 2 aromatic rings. The number of methoxy groups -OCH3 is 1. The van der Waals surface area contributed by atoms with Crippen molar-refractivity contribution in [3.05, 3.63) is 53.1 Å². The van der Waals surface area contributed by atoms with Gasteiger partial charge in [-0.05, 0) is 49.8 Å². The molecule has 0 atom stereocenters. The predicted molar refractivity (Wildman–Crippen MR) is 135 cm³/mol. The van der Waals surface area contributed by atoms with Gasteiger partial charge in [-0.25, -0.2) is 0 Å². The molecule has 0 bridgehead atoms. The van der Waals surface area contributed by atoms with Crippen molar-refractivity contribution < 1.29 is 14.3 Å². The number of amides is 2. The normalized spacial score (nSPS) is 20.6. The average molecular weight is 485 g/mol. The average Bonchev–Trinajstić information content (AvgIpc) is 2.89. The second-order valence-corrected chi connectivity index (χ2v) is 9.56. The fraction of sp³-hybridized carbons (Fsp3) is 0.462. The van der Waals surface area contributed by atoms with Crippen molar-refractivity contribution in [2.75, 3.05) is 50.5 Å². The molecule has 2 amide bonds. The van der Waals surface area contributed by atoms with E-state index >= 15 is 0 Å². The highest BCUT2D eigenvalue weighted by Gasteiger charge is 2.31. The number of hydrogen-bond donors (Lipinski definition) is 2. The van der Waals surface area contributed by atoms with Crippen LogP contribution in [0.2, 0.25) is 5.02 Å². The largest absolute Gasteiger partial charge is 0.496 e. The van der Waals surface area contributed by atoms with E-state index < -0.39 is 0 Å². The number of carbonyl (C=O) groups excluding carboxylic acids is 2. The number of nitrogen functional groups attached to an aromatic ring is 1. The summed E-state index contributed by atoms with van der Waals surface area (Å²) in [5.41, 5.74) is 7.77. The van der Waals surface area contributed by atoms with E-state index in [9.17, 15) is 9.59 Å². The molecule has 4 rings (SSSR count). The smallest absolute Gasteiger partial charge is 0.255 e. The van der Waals surface area contributed by atoms with Crippen LogP contribution in [0.1, 0.15) is 36.0 Å². The van der Waals surface area contributed by atoms with Crippen LogP contribution in [0.4, 0.5) is 11.4 Å². The molecule has 1 saturated heterocycles. The minimum Gasteiger partial charge on any atom is -0.496 e. The van der Waals surface area contributed by atoms with E-state index in [-0.39, 0.29) is 17.7 Å². The zero-order valence-corrected chi connectivity index (χ0v) is 20.4. The topological polar surface area (TPSA) is 87.9 Å². The van der Waals surface area contributed by atoms with Crippen LogP contribution in [-0.2, 0) is 4.79 Å². The molecular weight excluding hydrogens is 452 g/mol. The van der Waals surface area contributed by atoms with Crippen LogP contribution in [-0.4, -0.2) is 56.5 Å². The highest BCUT2D eigenvalue weighted by molar-refractivity contribution is 6.33. The van der Waals surface area contributed by atoms with Crippen molar-refractivity contribution >= 4 is 34.8 Å². The Hall–Kier alpha value is -2.93. The molecule has 1 aliphatic heterocycles. The molecule has 2 aromatic carbocycles. The molecule has 0 aromatic heterocycles. The third kappa shape index (κ3) is 5.58. The molecule has 3 N–H and O–H groups in total. The number of carbonyl (C=O) groups is 2. The molecule has 7 nitrogen and oxygen atoms in total. The summed E-state index contributed by atoms with van der Waals surface area (Å²) in [7, 11) is 1.50. The van der Waals surface area contributed by atoms with E-state index in [1.54, 1.807) is 6.07 Å². The lowest BCUT2D eigenvalue weighted by Gasteiger charge is -2.38. The van der Waals surface area contributed by atoms with Gasteiger partial charge in [-0.3, -0.25) is 9.59 Å². The van der Waals surface area contributed by atoms with Gasteiger partial charge in [0.2, 0.25) is 5.91 Å². The number of piperazine rings is 1. The van der Waals surface area contributed by atoms with E-state index in [1.807, 2.05) is 11.0 Å². The van der Waals surface area contributed by atoms with E-state index in [2.05, 4.69) is 34.5 Å². The fourth-order valence-electron chi connectivity index (χ4n) is 4.94. The Morgan fingerprint density at radius 2 is 1.74 bits per heavy atom. The molecule has 1 aliphatic carbocycles. The first-order valence-electron chi connectivity index (χ1n) is 12.0. The molecule has 34 heavy (non-hydrogen) atoms. The van der Waals surface area contributed by atoms with Crippen LogP contribution in [0.3, 0.4) is 0 Å². The van der Waals surface area contributed by atoms with Crippen LogP contribution < -0.4 is 20.7 Å². The van der Waals surface area contributed by atoms with Gasteiger partial charge < -0.3 is 25.6 Å². The molecule has 182 valence electrons. The predicted octanol–water partition coefficient (Wildman–Crippen LogP) is 3.82. The zero-order chi connectivity index (χ0) is 24.1. The van der Waals surface area contributed by atoms with Gasteiger partial charge in [-0.15, -0.1) is 0 Å². The van der Waals surface area contributed by atoms with E-state index in [1.165, 1.54) is 18.9 Å². The fourth-order valence-corrected chi connectivity index (χ4v) is 5.11. The van der Waals surface area contributed by atoms with Crippen molar-refractivity contribution in [3.8, 4) is 5.75 Å². The summed E-state index contributed by atoms with van der Waals surface area (Å²) in [6.45, 7) is 3.86. The second kappa shape index (κ2) is 11.0. The van der Waals surface area contributed by atoms with Crippen LogP contribution >= 0.6 is 11.6 Å². The standard InChI is InChI=1S/C26H33ClN4O3/c1-34-24-16-23(28)22(27)15-21(24)25(32)29-17-18-7-9-19(10-8-18)26(33)31-13-11-30(12-14-31)20-5-3-2-4-6-20/h2-6,15-16,18-19H,7-14,17,28H2,1H3,(H,29,32). The third-order valence-electron chi connectivity index (χ3n) is 7.02. The Bertz CT molecular complexity index is 1000. The summed E-state index contributed by atoms with van der Waals surface area (Å²) >= 11 is 6.09. The first-order chi connectivity index (χ1) is 16.5. The number of ether oxygens (including phenoxy) is 1. The number of nitrogens with two attached hydrogens (primary N) is 1. The van der Waals surface area contributed by atoms with E-state index in [0.29, 0.717) is 34.5 Å². The Balaban J connectivity index is 1.22. The van der Waals surface area contributed by atoms with Gasteiger partial charge in [0.1, 0.15) is 5.75 Å².